The van der Waals surface area contributed by atoms with Gasteiger partial charge in [0.1, 0.15) is 5.82 Å². The molecule has 0 bridgehead atoms. The number of thioether (sulfide) groups is 1. The van der Waals surface area contributed by atoms with E-state index in [1.54, 1.807) is 17.0 Å². The highest BCUT2D eigenvalue weighted by Crippen LogP contribution is 2.18. The SMILES string of the molecule is O=C(CSc1ccc(F)cc1)NCC#Cc1ccc(N2CCNC2=O)cc1. The van der Waals surface area contributed by atoms with Gasteiger partial charge in [-0.2, -0.15) is 0 Å². The number of rotatable bonds is 5. The maximum absolute atomic E-state index is 12.8. The van der Waals surface area contributed by atoms with E-state index in [9.17, 15) is 14.0 Å². The summed E-state index contributed by atoms with van der Waals surface area (Å²) in [7, 11) is 0. The van der Waals surface area contributed by atoms with E-state index in [1.165, 1.54) is 23.9 Å². The molecule has 7 heteroatoms. The summed E-state index contributed by atoms with van der Waals surface area (Å²) in [5.41, 5.74) is 1.65. The van der Waals surface area contributed by atoms with Gasteiger partial charge in [0.2, 0.25) is 5.91 Å². The molecule has 1 aliphatic heterocycles. The topological polar surface area (TPSA) is 61.4 Å². The number of carbonyl (C=O) groups is 2. The number of halogens is 1. The van der Waals surface area contributed by atoms with Crippen molar-refractivity contribution < 1.29 is 14.0 Å². The maximum Gasteiger partial charge on any atom is 0.321 e. The molecule has 0 spiro atoms. The molecule has 3 rings (SSSR count). The Kier molecular flexibility index (Phi) is 6.34. The molecule has 5 nitrogen and oxygen atoms in total. The van der Waals surface area contributed by atoms with Crippen molar-refractivity contribution >= 4 is 29.4 Å². The number of nitrogens with zero attached hydrogens (tertiary/aromatic N) is 1. The molecule has 1 saturated heterocycles. The number of amides is 3. The number of urea groups is 1. The Balaban J connectivity index is 1.42. The minimum Gasteiger partial charge on any atom is -0.344 e. The average molecular weight is 383 g/mol. The third-order valence-corrected chi connectivity index (χ3v) is 4.84. The van der Waals surface area contributed by atoms with Crippen LogP contribution in [0.15, 0.2) is 53.4 Å². The first-order chi connectivity index (χ1) is 13.1. The summed E-state index contributed by atoms with van der Waals surface area (Å²) in [5.74, 6) is 5.70. The van der Waals surface area contributed by atoms with E-state index in [0.717, 1.165) is 16.1 Å². The molecule has 0 radical (unpaired) electrons. The van der Waals surface area contributed by atoms with E-state index in [2.05, 4.69) is 22.5 Å². The first kappa shape index (κ1) is 18.8. The van der Waals surface area contributed by atoms with Gasteiger partial charge in [-0.1, -0.05) is 11.8 Å². The second kappa shape index (κ2) is 9.10. The number of carbonyl (C=O) groups excluding carboxylic acids is 2. The molecule has 1 heterocycles. The Labute approximate surface area is 161 Å². The molecule has 0 unspecified atom stereocenters. The summed E-state index contributed by atoms with van der Waals surface area (Å²) < 4.78 is 12.8. The lowest BCUT2D eigenvalue weighted by molar-refractivity contribution is -0.118. The minimum absolute atomic E-state index is 0.0879. The molecular formula is C20H18FN3O2S. The van der Waals surface area contributed by atoms with Gasteiger partial charge in [0.05, 0.1) is 12.3 Å². The second-order valence-corrected chi connectivity index (χ2v) is 6.80. The number of nitrogens with one attached hydrogen (secondary N) is 2. The fourth-order valence-corrected chi connectivity index (χ4v) is 3.19. The molecule has 3 amide bonds. The third kappa shape index (κ3) is 5.50. The Morgan fingerprint density at radius 1 is 1.19 bits per heavy atom. The largest absolute Gasteiger partial charge is 0.344 e. The van der Waals surface area contributed by atoms with Crippen LogP contribution in [0.5, 0.6) is 0 Å². The Morgan fingerprint density at radius 3 is 2.59 bits per heavy atom. The highest BCUT2D eigenvalue weighted by atomic mass is 32.2. The van der Waals surface area contributed by atoms with Crippen LogP contribution >= 0.6 is 11.8 Å². The molecule has 2 aromatic rings. The highest BCUT2D eigenvalue weighted by Gasteiger charge is 2.20. The zero-order chi connectivity index (χ0) is 19.1. The Morgan fingerprint density at radius 2 is 1.93 bits per heavy atom. The third-order valence-electron chi connectivity index (χ3n) is 3.83. The van der Waals surface area contributed by atoms with Crippen LogP contribution in [0.4, 0.5) is 14.9 Å². The van der Waals surface area contributed by atoms with E-state index < -0.39 is 0 Å². The fraction of sp³-hybridized carbons (Fsp3) is 0.200. The van der Waals surface area contributed by atoms with E-state index in [-0.39, 0.29) is 30.1 Å². The summed E-state index contributed by atoms with van der Waals surface area (Å²) in [6.45, 7) is 1.56. The summed E-state index contributed by atoms with van der Waals surface area (Å²) >= 11 is 1.34. The van der Waals surface area contributed by atoms with Gasteiger partial charge in [-0.25, -0.2) is 9.18 Å². The van der Waals surface area contributed by atoms with Crippen molar-refractivity contribution in [3.05, 3.63) is 59.9 Å². The second-order valence-electron chi connectivity index (χ2n) is 5.75. The highest BCUT2D eigenvalue weighted by molar-refractivity contribution is 8.00. The van der Waals surface area contributed by atoms with Crippen molar-refractivity contribution in [2.75, 3.05) is 30.3 Å². The summed E-state index contributed by atoms with van der Waals surface area (Å²) in [5, 5.41) is 5.49. The molecule has 27 heavy (non-hydrogen) atoms. The molecule has 2 N–H and O–H groups in total. The van der Waals surface area contributed by atoms with Gasteiger partial charge in [0, 0.05) is 29.2 Å². The van der Waals surface area contributed by atoms with Crippen molar-refractivity contribution in [2.45, 2.75) is 4.90 Å². The lowest BCUT2D eigenvalue weighted by Crippen LogP contribution is -2.27. The predicted molar refractivity (Wildman–Crippen MR) is 104 cm³/mol. The normalized spacial score (nSPS) is 12.9. The zero-order valence-electron chi connectivity index (χ0n) is 14.5. The number of anilines is 1. The summed E-state index contributed by atoms with van der Waals surface area (Å²) in [4.78, 5) is 25.9. The van der Waals surface area contributed by atoms with Crippen molar-refractivity contribution in [3.63, 3.8) is 0 Å². The molecule has 2 aromatic carbocycles. The maximum atomic E-state index is 12.8. The van der Waals surface area contributed by atoms with Crippen LogP contribution in [-0.4, -0.2) is 37.3 Å². The molecule has 1 fully saturated rings. The van der Waals surface area contributed by atoms with Crippen molar-refractivity contribution in [1.82, 2.24) is 10.6 Å². The van der Waals surface area contributed by atoms with Crippen LogP contribution in [0, 0.1) is 17.7 Å². The smallest absolute Gasteiger partial charge is 0.321 e. The molecular weight excluding hydrogens is 365 g/mol. The monoisotopic (exact) mass is 383 g/mol. The first-order valence-corrected chi connectivity index (χ1v) is 9.40. The van der Waals surface area contributed by atoms with Crippen LogP contribution in [0.1, 0.15) is 5.56 Å². The zero-order valence-corrected chi connectivity index (χ0v) is 15.3. The van der Waals surface area contributed by atoms with Gasteiger partial charge in [0.15, 0.2) is 0 Å². The van der Waals surface area contributed by atoms with Crippen LogP contribution in [0.2, 0.25) is 0 Å². The van der Waals surface area contributed by atoms with E-state index in [0.29, 0.717) is 13.1 Å². The number of hydrogen-bond acceptors (Lipinski definition) is 3. The average Bonchev–Trinajstić information content (AvgIpc) is 3.11. The predicted octanol–water partition coefficient (Wildman–Crippen LogP) is 2.62. The number of hydrogen-bond donors (Lipinski definition) is 2. The minimum atomic E-state index is -0.296. The van der Waals surface area contributed by atoms with E-state index in [1.807, 2.05) is 24.3 Å². The Hall–Kier alpha value is -2.98. The quantitative estimate of drug-likeness (QED) is 0.616. The van der Waals surface area contributed by atoms with E-state index >= 15 is 0 Å². The standard InChI is InChI=1S/C20H18FN3O2S/c21-16-5-9-18(10-6-16)27-14-19(25)22-11-1-2-15-3-7-17(8-4-15)24-13-12-23-20(24)26/h3-10H,11-14H2,(H,22,25)(H,23,26). The molecule has 0 saturated carbocycles. The van der Waals surface area contributed by atoms with Crippen molar-refractivity contribution in [2.24, 2.45) is 0 Å². The molecule has 0 aromatic heterocycles. The fourth-order valence-electron chi connectivity index (χ4n) is 2.46. The van der Waals surface area contributed by atoms with Crippen LogP contribution in [0.25, 0.3) is 0 Å². The Bertz CT molecular complexity index is 873. The first-order valence-electron chi connectivity index (χ1n) is 8.41. The summed E-state index contributed by atoms with van der Waals surface area (Å²) in [6.07, 6.45) is 0. The molecule has 0 aliphatic carbocycles. The van der Waals surface area contributed by atoms with Crippen molar-refractivity contribution in [1.29, 1.82) is 0 Å². The molecule has 1 aliphatic rings. The van der Waals surface area contributed by atoms with E-state index in [4.69, 9.17) is 0 Å². The van der Waals surface area contributed by atoms with Gasteiger partial charge in [-0.05, 0) is 48.5 Å². The van der Waals surface area contributed by atoms with Crippen LogP contribution < -0.4 is 15.5 Å². The van der Waals surface area contributed by atoms with Crippen LogP contribution in [0.3, 0.4) is 0 Å². The van der Waals surface area contributed by atoms with Gasteiger partial charge in [-0.15, -0.1) is 11.8 Å². The molecule has 138 valence electrons. The lowest BCUT2D eigenvalue weighted by Gasteiger charge is -2.13. The lowest BCUT2D eigenvalue weighted by atomic mass is 10.2. The van der Waals surface area contributed by atoms with Gasteiger partial charge in [0.25, 0.3) is 0 Å². The van der Waals surface area contributed by atoms with Crippen molar-refractivity contribution in [3.8, 4) is 11.8 Å². The van der Waals surface area contributed by atoms with Gasteiger partial charge in [-0.3, -0.25) is 9.69 Å². The van der Waals surface area contributed by atoms with Gasteiger partial charge < -0.3 is 10.6 Å². The molecule has 0 atom stereocenters. The van der Waals surface area contributed by atoms with Gasteiger partial charge >= 0.3 is 6.03 Å². The van der Waals surface area contributed by atoms with Crippen LogP contribution in [-0.2, 0) is 4.79 Å². The number of benzene rings is 2. The summed E-state index contributed by atoms with van der Waals surface area (Å²) in [6, 6.07) is 13.3.